The average molecular weight is 568 g/mol. The van der Waals surface area contributed by atoms with E-state index in [9.17, 15) is 12.8 Å². The molecule has 0 amide bonds. The topological polar surface area (TPSA) is 55.2 Å². The third-order valence-corrected chi connectivity index (χ3v) is 11.0. The van der Waals surface area contributed by atoms with Gasteiger partial charge in [-0.2, -0.15) is 9.40 Å². The van der Waals surface area contributed by atoms with Gasteiger partial charge in [0.05, 0.1) is 22.5 Å². The average Bonchev–Trinajstić information content (AvgIpc) is 3.57. The van der Waals surface area contributed by atoms with Crippen molar-refractivity contribution in [1.29, 1.82) is 0 Å². The number of aromatic nitrogens is 2. The number of rotatable bonds is 8. The zero-order valence-corrected chi connectivity index (χ0v) is 24.0. The first-order valence-electron chi connectivity index (χ1n) is 14.6. The van der Waals surface area contributed by atoms with Crippen LogP contribution in [0.25, 0.3) is 16.8 Å². The summed E-state index contributed by atoms with van der Waals surface area (Å²) in [5.74, 6) is 0.558. The molecule has 0 radical (unpaired) electrons. The SMILES string of the molecule is C[C@@H]1C2=C(CC[C@@H]2CN(CC2CC2)S(=O)(=O)c2ccc(-c3ccccc3)cc2)Cc2c1cnn2-c1ccc(F)cc1. The molecular formula is C34H34FN3O2S. The molecule has 3 aliphatic rings. The first-order chi connectivity index (χ1) is 19.9. The predicted molar refractivity (Wildman–Crippen MR) is 159 cm³/mol. The van der Waals surface area contributed by atoms with Gasteiger partial charge in [-0.25, -0.2) is 17.5 Å². The van der Waals surface area contributed by atoms with Crippen molar-refractivity contribution >= 4 is 10.0 Å². The summed E-state index contributed by atoms with van der Waals surface area (Å²) in [6, 6.07) is 23.8. The van der Waals surface area contributed by atoms with Crippen LogP contribution in [0.4, 0.5) is 4.39 Å². The maximum absolute atomic E-state index is 14.0. The highest BCUT2D eigenvalue weighted by atomic mass is 32.2. The van der Waals surface area contributed by atoms with E-state index in [-0.39, 0.29) is 17.7 Å². The lowest BCUT2D eigenvalue weighted by Crippen LogP contribution is -2.37. The van der Waals surface area contributed by atoms with Crippen molar-refractivity contribution in [3.05, 3.63) is 113 Å². The normalized spacial score (nSPS) is 20.4. The summed E-state index contributed by atoms with van der Waals surface area (Å²) in [5, 5.41) is 4.68. The molecule has 7 rings (SSSR count). The van der Waals surface area contributed by atoms with Gasteiger partial charge in [0.25, 0.3) is 0 Å². The van der Waals surface area contributed by atoms with Crippen LogP contribution < -0.4 is 0 Å². The first-order valence-corrected chi connectivity index (χ1v) is 16.0. The molecule has 0 N–H and O–H groups in total. The molecule has 3 aliphatic carbocycles. The van der Waals surface area contributed by atoms with Crippen molar-refractivity contribution in [3.63, 3.8) is 0 Å². The molecule has 4 aromatic rings. The predicted octanol–water partition coefficient (Wildman–Crippen LogP) is 7.15. The molecule has 7 heteroatoms. The fourth-order valence-electron chi connectivity index (χ4n) is 6.78. The fourth-order valence-corrected chi connectivity index (χ4v) is 8.34. The van der Waals surface area contributed by atoms with Gasteiger partial charge in [0.15, 0.2) is 0 Å². The highest BCUT2D eigenvalue weighted by Gasteiger charge is 2.40. The van der Waals surface area contributed by atoms with Crippen molar-refractivity contribution in [2.24, 2.45) is 11.8 Å². The van der Waals surface area contributed by atoms with E-state index < -0.39 is 10.0 Å². The van der Waals surface area contributed by atoms with Crippen LogP contribution in [0.15, 0.2) is 101 Å². The number of benzene rings is 3. The Balaban J connectivity index is 1.15. The Morgan fingerprint density at radius 3 is 2.32 bits per heavy atom. The molecule has 0 saturated heterocycles. The van der Waals surface area contributed by atoms with Crippen molar-refractivity contribution in [2.45, 2.75) is 49.8 Å². The van der Waals surface area contributed by atoms with Crippen molar-refractivity contribution in [1.82, 2.24) is 14.1 Å². The standard InChI is InChI=1S/C34H34FN3O2S/c1-23-32-20-36-38(30-15-13-29(35)14-16-30)33(32)19-27-9-10-28(34(23)27)22-37(21-24-7-8-24)41(39,40)31-17-11-26(12-18-31)25-5-3-2-4-6-25/h2-6,11-18,20,23-24,28H,7-10,19,21-22H2,1H3/t23-,28+/m0/s1. The van der Waals surface area contributed by atoms with Gasteiger partial charge < -0.3 is 0 Å². The highest BCUT2D eigenvalue weighted by molar-refractivity contribution is 7.89. The number of nitrogens with zero attached hydrogens (tertiary/aromatic N) is 3. The molecule has 210 valence electrons. The Kier molecular flexibility index (Phi) is 6.67. The van der Waals surface area contributed by atoms with Gasteiger partial charge in [-0.3, -0.25) is 0 Å². The number of hydrogen-bond donors (Lipinski definition) is 0. The number of halogens is 1. The van der Waals surface area contributed by atoms with E-state index in [1.165, 1.54) is 28.8 Å². The van der Waals surface area contributed by atoms with E-state index in [4.69, 9.17) is 0 Å². The summed E-state index contributed by atoms with van der Waals surface area (Å²) < 4.78 is 45.3. The molecule has 41 heavy (non-hydrogen) atoms. The molecule has 0 spiro atoms. The van der Waals surface area contributed by atoms with E-state index in [2.05, 4.69) is 12.0 Å². The van der Waals surface area contributed by atoms with E-state index in [0.717, 1.165) is 54.6 Å². The minimum absolute atomic E-state index is 0.172. The Morgan fingerprint density at radius 2 is 1.61 bits per heavy atom. The summed E-state index contributed by atoms with van der Waals surface area (Å²) in [5.41, 5.74) is 8.10. The monoisotopic (exact) mass is 567 g/mol. The van der Waals surface area contributed by atoms with Gasteiger partial charge in [-0.05, 0) is 85.0 Å². The second-order valence-electron chi connectivity index (χ2n) is 11.8. The van der Waals surface area contributed by atoms with Crippen LogP contribution in [-0.2, 0) is 16.4 Å². The van der Waals surface area contributed by atoms with E-state index >= 15 is 0 Å². The van der Waals surface area contributed by atoms with Crippen LogP contribution in [0.2, 0.25) is 0 Å². The molecule has 0 bridgehead atoms. The van der Waals surface area contributed by atoms with E-state index in [1.54, 1.807) is 28.6 Å². The van der Waals surface area contributed by atoms with Crippen LogP contribution >= 0.6 is 0 Å². The molecule has 0 unspecified atom stereocenters. The van der Waals surface area contributed by atoms with Crippen LogP contribution in [-0.4, -0.2) is 35.6 Å². The lowest BCUT2D eigenvalue weighted by molar-refractivity contribution is 0.347. The molecule has 3 aromatic carbocycles. The van der Waals surface area contributed by atoms with Gasteiger partial charge in [-0.15, -0.1) is 0 Å². The summed E-state index contributed by atoms with van der Waals surface area (Å²) in [6.45, 7) is 3.33. The summed E-state index contributed by atoms with van der Waals surface area (Å²) in [7, 11) is -3.63. The van der Waals surface area contributed by atoms with Crippen molar-refractivity contribution in [2.75, 3.05) is 13.1 Å². The summed E-state index contributed by atoms with van der Waals surface area (Å²) in [6.07, 6.45) is 6.88. The zero-order valence-electron chi connectivity index (χ0n) is 23.2. The molecule has 1 aromatic heterocycles. The van der Waals surface area contributed by atoms with Gasteiger partial charge >= 0.3 is 0 Å². The molecule has 5 nitrogen and oxygen atoms in total. The Morgan fingerprint density at radius 1 is 0.902 bits per heavy atom. The zero-order chi connectivity index (χ0) is 28.1. The van der Waals surface area contributed by atoms with Crippen LogP contribution in [0, 0.1) is 17.7 Å². The molecule has 1 saturated carbocycles. The smallest absolute Gasteiger partial charge is 0.237 e. The van der Waals surface area contributed by atoms with E-state index in [0.29, 0.717) is 23.9 Å². The lowest BCUT2D eigenvalue weighted by Gasteiger charge is -2.31. The first kappa shape index (κ1) is 26.4. The lowest BCUT2D eigenvalue weighted by atomic mass is 9.80. The summed E-state index contributed by atoms with van der Waals surface area (Å²) in [4.78, 5) is 0.365. The molecular weight excluding hydrogens is 533 g/mol. The second-order valence-corrected chi connectivity index (χ2v) is 13.7. The quantitative estimate of drug-likeness (QED) is 0.213. The van der Waals surface area contributed by atoms with Crippen LogP contribution in [0.1, 0.15) is 49.8 Å². The number of fused-ring (bicyclic) bond motifs is 1. The van der Waals surface area contributed by atoms with Gasteiger partial charge in [-0.1, -0.05) is 60.5 Å². The largest absolute Gasteiger partial charge is 0.243 e. The fraction of sp³-hybridized carbons (Fsp3) is 0.324. The van der Waals surface area contributed by atoms with Crippen LogP contribution in [0.5, 0.6) is 0 Å². The van der Waals surface area contributed by atoms with Gasteiger partial charge in [0.2, 0.25) is 10.0 Å². The molecule has 1 heterocycles. The highest BCUT2D eigenvalue weighted by Crippen LogP contribution is 2.48. The Labute approximate surface area is 241 Å². The van der Waals surface area contributed by atoms with Crippen molar-refractivity contribution in [3.8, 4) is 16.8 Å². The third kappa shape index (κ3) is 4.95. The number of hydrogen-bond acceptors (Lipinski definition) is 3. The third-order valence-electron chi connectivity index (χ3n) is 9.11. The maximum Gasteiger partial charge on any atom is 0.243 e. The van der Waals surface area contributed by atoms with E-state index in [1.807, 2.05) is 53.3 Å². The Hall–Kier alpha value is -3.55. The second kappa shape index (κ2) is 10.4. The van der Waals surface area contributed by atoms with Crippen LogP contribution in [0.3, 0.4) is 0 Å². The number of allylic oxidation sites excluding steroid dienone is 1. The number of sulfonamides is 1. The summed E-state index contributed by atoms with van der Waals surface area (Å²) >= 11 is 0. The van der Waals surface area contributed by atoms with Gasteiger partial charge in [0.1, 0.15) is 5.82 Å². The minimum atomic E-state index is -3.63. The molecule has 0 aliphatic heterocycles. The molecule has 1 fully saturated rings. The maximum atomic E-state index is 14.0. The molecule has 2 atom stereocenters. The minimum Gasteiger partial charge on any atom is -0.237 e. The Bertz CT molecular complexity index is 1710. The van der Waals surface area contributed by atoms with Gasteiger partial charge in [0, 0.05) is 31.0 Å². The van der Waals surface area contributed by atoms with Crippen molar-refractivity contribution < 1.29 is 12.8 Å².